The third-order valence-electron chi connectivity index (χ3n) is 3.37. The Labute approximate surface area is 109 Å². The minimum Gasteiger partial charge on any atom is -0.487 e. The molecule has 100 valence electrons. The molecule has 0 atom stereocenters. The van der Waals surface area contributed by atoms with Gasteiger partial charge in [0.2, 0.25) is 0 Å². The van der Waals surface area contributed by atoms with Crippen LogP contribution in [0.5, 0.6) is 5.75 Å². The summed E-state index contributed by atoms with van der Waals surface area (Å²) in [5.74, 6) is 0.121. The fourth-order valence-electron chi connectivity index (χ4n) is 1.93. The summed E-state index contributed by atoms with van der Waals surface area (Å²) in [6.07, 6.45) is 4.41. The lowest BCUT2D eigenvalue weighted by molar-refractivity contribution is 0.184. The van der Waals surface area contributed by atoms with E-state index in [2.05, 4.69) is 19.2 Å². The molecule has 1 fully saturated rings. The molecule has 1 aromatic carbocycles. The molecular weight excluding hydrogens is 229 g/mol. The summed E-state index contributed by atoms with van der Waals surface area (Å²) in [7, 11) is 0. The normalized spacial score (nSPS) is 15.1. The van der Waals surface area contributed by atoms with E-state index in [-0.39, 0.29) is 11.9 Å². The van der Waals surface area contributed by atoms with Crippen LogP contribution in [0, 0.1) is 5.82 Å². The lowest BCUT2D eigenvalue weighted by atomic mass is 10.2. The van der Waals surface area contributed by atoms with Crippen LogP contribution in [-0.4, -0.2) is 12.1 Å². The summed E-state index contributed by atoms with van der Waals surface area (Å²) in [5, 5.41) is 3.38. The molecule has 0 saturated heterocycles. The Morgan fingerprint density at radius 3 is 2.61 bits per heavy atom. The highest BCUT2D eigenvalue weighted by Gasteiger charge is 2.20. The van der Waals surface area contributed by atoms with E-state index in [0.717, 1.165) is 24.9 Å². The van der Waals surface area contributed by atoms with Gasteiger partial charge in [-0.2, -0.15) is 0 Å². The van der Waals surface area contributed by atoms with Crippen molar-refractivity contribution in [2.45, 2.75) is 58.2 Å². The molecule has 0 aliphatic heterocycles. The summed E-state index contributed by atoms with van der Waals surface area (Å²) in [6, 6.07) is 5.91. The van der Waals surface area contributed by atoms with Crippen LogP contribution < -0.4 is 10.1 Å². The number of hydrogen-bond donors (Lipinski definition) is 1. The highest BCUT2D eigenvalue weighted by atomic mass is 19.1. The number of nitrogens with one attached hydrogen (secondary N) is 1. The number of hydrogen-bond acceptors (Lipinski definition) is 2. The van der Waals surface area contributed by atoms with E-state index < -0.39 is 0 Å². The first-order valence-electron chi connectivity index (χ1n) is 6.91. The van der Waals surface area contributed by atoms with E-state index in [1.807, 2.05) is 6.07 Å². The highest BCUT2D eigenvalue weighted by molar-refractivity contribution is 5.29. The van der Waals surface area contributed by atoms with E-state index in [1.165, 1.54) is 12.8 Å². The van der Waals surface area contributed by atoms with Gasteiger partial charge in [0.25, 0.3) is 0 Å². The zero-order valence-corrected chi connectivity index (χ0v) is 11.2. The fourth-order valence-corrected chi connectivity index (χ4v) is 1.93. The van der Waals surface area contributed by atoms with Crippen LogP contribution in [0.2, 0.25) is 0 Å². The van der Waals surface area contributed by atoms with Gasteiger partial charge in [-0.1, -0.05) is 19.9 Å². The number of halogens is 1. The smallest absolute Gasteiger partial charge is 0.165 e. The van der Waals surface area contributed by atoms with Gasteiger partial charge in [0.15, 0.2) is 11.6 Å². The summed E-state index contributed by atoms with van der Waals surface area (Å²) in [5.41, 5.74) is 0.983. The largest absolute Gasteiger partial charge is 0.487 e. The van der Waals surface area contributed by atoms with Crippen LogP contribution in [0.1, 0.15) is 45.1 Å². The van der Waals surface area contributed by atoms with Crippen LogP contribution in [0.15, 0.2) is 18.2 Å². The molecule has 0 unspecified atom stereocenters. The average Bonchev–Trinajstić information content (AvgIpc) is 3.19. The van der Waals surface area contributed by atoms with Crippen molar-refractivity contribution in [1.29, 1.82) is 0 Å². The van der Waals surface area contributed by atoms with Crippen LogP contribution in [-0.2, 0) is 6.54 Å². The van der Waals surface area contributed by atoms with Crippen LogP contribution >= 0.6 is 0 Å². The first-order chi connectivity index (χ1) is 8.72. The standard InChI is InChI=1S/C15H22FNO/c1-3-13(4-2)18-15-8-5-11(9-14(15)16)10-17-12-6-7-12/h5,8-9,12-13,17H,3-4,6-7,10H2,1-2H3. The lowest BCUT2D eigenvalue weighted by Gasteiger charge is -2.16. The Morgan fingerprint density at radius 2 is 2.06 bits per heavy atom. The Morgan fingerprint density at radius 1 is 1.33 bits per heavy atom. The zero-order chi connectivity index (χ0) is 13.0. The molecule has 0 spiro atoms. The third-order valence-corrected chi connectivity index (χ3v) is 3.37. The predicted octanol–water partition coefficient (Wildman–Crippen LogP) is 3.65. The highest BCUT2D eigenvalue weighted by Crippen LogP contribution is 2.23. The predicted molar refractivity (Wildman–Crippen MR) is 71.3 cm³/mol. The second-order valence-electron chi connectivity index (χ2n) is 4.98. The first kappa shape index (κ1) is 13.3. The Hall–Kier alpha value is -1.09. The quantitative estimate of drug-likeness (QED) is 0.798. The minimum atomic E-state index is -0.253. The Balaban J connectivity index is 1.94. The summed E-state index contributed by atoms with van der Waals surface area (Å²) < 4.78 is 19.5. The van der Waals surface area contributed by atoms with E-state index in [0.29, 0.717) is 11.8 Å². The second-order valence-corrected chi connectivity index (χ2v) is 4.98. The third kappa shape index (κ3) is 3.70. The summed E-state index contributed by atoms with van der Waals surface area (Å²) in [6.45, 7) is 4.85. The molecule has 0 heterocycles. The van der Waals surface area contributed by atoms with E-state index in [1.54, 1.807) is 12.1 Å². The van der Waals surface area contributed by atoms with Gasteiger partial charge >= 0.3 is 0 Å². The SMILES string of the molecule is CCC(CC)Oc1ccc(CNC2CC2)cc1F. The number of benzene rings is 1. The molecular formula is C15H22FNO. The minimum absolute atomic E-state index is 0.106. The second kappa shape index (κ2) is 6.19. The molecule has 3 heteroatoms. The monoisotopic (exact) mass is 251 g/mol. The molecule has 2 nitrogen and oxygen atoms in total. The van der Waals surface area contributed by atoms with Crippen molar-refractivity contribution in [3.63, 3.8) is 0 Å². The topological polar surface area (TPSA) is 21.3 Å². The molecule has 0 amide bonds. The zero-order valence-electron chi connectivity index (χ0n) is 11.2. The molecule has 1 saturated carbocycles. The van der Waals surface area contributed by atoms with Gasteiger partial charge in [0.05, 0.1) is 6.10 Å². The number of rotatable bonds is 7. The molecule has 1 aromatic rings. The van der Waals surface area contributed by atoms with Crippen molar-refractivity contribution in [2.75, 3.05) is 0 Å². The molecule has 18 heavy (non-hydrogen) atoms. The van der Waals surface area contributed by atoms with Gasteiger partial charge in [-0.15, -0.1) is 0 Å². The Kier molecular flexibility index (Phi) is 4.59. The van der Waals surface area contributed by atoms with Crippen molar-refractivity contribution in [3.8, 4) is 5.75 Å². The maximum absolute atomic E-state index is 13.9. The van der Waals surface area contributed by atoms with E-state index in [4.69, 9.17) is 4.74 Å². The molecule has 0 aromatic heterocycles. The van der Waals surface area contributed by atoms with E-state index in [9.17, 15) is 4.39 Å². The number of ether oxygens (including phenoxy) is 1. The molecule has 1 N–H and O–H groups in total. The molecule has 2 rings (SSSR count). The van der Waals surface area contributed by atoms with Crippen molar-refractivity contribution >= 4 is 0 Å². The van der Waals surface area contributed by atoms with Gasteiger partial charge in [0.1, 0.15) is 0 Å². The van der Waals surface area contributed by atoms with Gasteiger partial charge in [-0.25, -0.2) is 4.39 Å². The fraction of sp³-hybridized carbons (Fsp3) is 0.600. The van der Waals surface area contributed by atoms with Gasteiger partial charge in [-0.05, 0) is 43.4 Å². The molecule has 0 radical (unpaired) electrons. The van der Waals surface area contributed by atoms with Crippen molar-refractivity contribution in [2.24, 2.45) is 0 Å². The van der Waals surface area contributed by atoms with Crippen LogP contribution in [0.4, 0.5) is 4.39 Å². The van der Waals surface area contributed by atoms with Crippen molar-refractivity contribution in [1.82, 2.24) is 5.32 Å². The van der Waals surface area contributed by atoms with Crippen molar-refractivity contribution in [3.05, 3.63) is 29.6 Å². The maximum Gasteiger partial charge on any atom is 0.165 e. The van der Waals surface area contributed by atoms with Crippen LogP contribution in [0.3, 0.4) is 0 Å². The van der Waals surface area contributed by atoms with E-state index >= 15 is 0 Å². The summed E-state index contributed by atoms with van der Waals surface area (Å²) in [4.78, 5) is 0. The average molecular weight is 251 g/mol. The molecule has 1 aliphatic carbocycles. The first-order valence-corrected chi connectivity index (χ1v) is 6.91. The van der Waals surface area contributed by atoms with Gasteiger partial charge in [0, 0.05) is 12.6 Å². The molecule has 0 bridgehead atoms. The van der Waals surface area contributed by atoms with Gasteiger partial charge in [-0.3, -0.25) is 0 Å². The maximum atomic E-state index is 13.9. The van der Waals surface area contributed by atoms with Gasteiger partial charge < -0.3 is 10.1 Å². The lowest BCUT2D eigenvalue weighted by Crippen LogP contribution is -2.16. The van der Waals surface area contributed by atoms with Crippen LogP contribution in [0.25, 0.3) is 0 Å². The molecule has 1 aliphatic rings. The Bertz CT molecular complexity index is 386. The van der Waals surface area contributed by atoms with Crippen molar-refractivity contribution < 1.29 is 9.13 Å². The summed E-state index contributed by atoms with van der Waals surface area (Å²) >= 11 is 0.